The van der Waals surface area contributed by atoms with Gasteiger partial charge in [-0.3, -0.25) is 9.20 Å². The molecule has 0 aliphatic rings. The largest absolute Gasteiger partial charge is 0.380 e. The Balaban J connectivity index is 1.74. The third kappa shape index (κ3) is 5.45. The number of nitrogens with one attached hydrogen (secondary N) is 1. The molecule has 8 heteroatoms. The molecule has 2 heterocycles. The number of carbonyl (C=O) groups is 1. The predicted molar refractivity (Wildman–Crippen MR) is 94.3 cm³/mol. The summed E-state index contributed by atoms with van der Waals surface area (Å²) in [6.07, 6.45) is 1.04. The molecule has 7 nitrogen and oxygen atoms in total. The number of thioether (sulfide) groups is 1. The molecule has 0 fully saturated rings. The molecule has 2 rings (SSSR count). The zero-order valence-corrected chi connectivity index (χ0v) is 15.5. The molecular weight excluding hydrogens is 326 g/mol. The van der Waals surface area contributed by atoms with Crippen molar-refractivity contribution in [1.29, 1.82) is 0 Å². The van der Waals surface area contributed by atoms with E-state index in [2.05, 4.69) is 34.3 Å². The van der Waals surface area contributed by atoms with Gasteiger partial charge in [0.05, 0.1) is 12.4 Å². The van der Waals surface area contributed by atoms with Crippen LogP contribution in [0, 0.1) is 19.8 Å². The summed E-state index contributed by atoms with van der Waals surface area (Å²) in [5, 5.41) is 11.8. The maximum Gasteiger partial charge on any atom is 0.230 e. The van der Waals surface area contributed by atoms with Crippen molar-refractivity contribution >= 4 is 23.3 Å². The summed E-state index contributed by atoms with van der Waals surface area (Å²) in [6, 6.07) is 1.87. The Labute approximate surface area is 146 Å². The number of ether oxygens (including phenoxy) is 1. The zero-order valence-electron chi connectivity index (χ0n) is 14.7. The third-order valence-corrected chi connectivity index (χ3v) is 4.33. The molecule has 2 aromatic heterocycles. The van der Waals surface area contributed by atoms with Gasteiger partial charge in [0.2, 0.25) is 5.91 Å². The normalized spacial score (nSPS) is 11.4. The smallest absolute Gasteiger partial charge is 0.230 e. The van der Waals surface area contributed by atoms with Crippen molar-refractivity contribution in [2.45, 2.75) is 39.3 Å². The van der Waals surface area contributed by atoms with Crippen LogP contribution in [0.25, 0.3) is 5.65 Å². The van der Waals surface area contributed by atoms with Crippen LogP contribution in [0.1, 0.15) is 31.8 Å². The Morgan fingerprint density at radius 3 is 2.88 bits per heavy atom. The van der Waals surface area contributed by atoms with E-state index in [0.717, 1.165) is 30.2 Å². The Bertz CT molecular complexity index is 686. The highest BCUT2D eigenvalue weighted by Gasteiger charge is 2.11. The first kappa shape index (κ1) is 18.7. The lowest BCUT2D eigenvalue weighted by atomic mass is 10.1. The summed E-state index contributed by atoms with van der Waals surface area (Å²) in [5.74, 6) is 1.70. The molecular formula is C16H25N5O2S. The maximum absolute atomic E-state index is 11.9. The Morgan fingerprint density at radius 1 is 1.33 bits per heavy atom. The number of aromatic nitrogens is 4. The lowest BCUT2D eigenvalue weighted by Gasteiger charge is -2.08. The van der Waals surface area contributed by atoms with E-state index in [4.69, 9.17) is 4.74 Å². The summed E-state index contributed by atoms with van der Waals surface area (Å²) >= 11 is 1.35. The molecule has 2 aromatic rings. The van der Waals surface area contributed by atoms with Gasteiger partial charge in [-0.1, -0.05) is 25.6 Å². The van der Waals surface area contributed by atoms with E-state index in [9.17, 15) is 4.79 Å². The van der Waals surface area contributed by atoms with E-state index < -0.39 is 0 Å². The molecule has 0 aliphatic carbocycles. The van der Waals surface area contributed by atoms with Crippen LogP contribution in [0.15, 0.2) is 11.2 Å². The molecule has 0 unspecified atom stereocenters. The van der Waals surface area contributed by atoms with Crippen LogP contribution in [-0.2, 0) is 9.53 Å². The number of aryl methyl sites for hydroxylation is 2. The van der Waals surface area contributed by atoms with Gasteiger partial charge in [0.15, 0.2) is 10.8 Å². The van der Waals surface area contributed by atoms with Gasteiger partial charge >= 0.3 is 0 Å². The molecule has 0 bridgehead atoms. The lowest BCUT2D eigenvalue weighted by Crippen LogP contribution is -2.29. The standard InChI is InChI=1S/C16H25N5O2S/c1-11(2)5-7-23-8-6-17-15(22)10-24-16-20-19-14-9-12(3)18-13(4)21(14)16/h9,11H,5-8,10H2,1-4H3,(H,17,22). The summed E-state index contributed by atoms with van der Waals surface area (Å²) in [7, 11) is 0. The van der Waals surface area contributed by atoms with E-state index in [1.807, 2.05) is 24.3 Å². The van der Waals surface area contributed by atoms with E-state index in [0.29, 0.717) is 30.0 Å². The van der Waals surface area contributed by atoms with Crippen molar-refractivity contribution in [3.63, 3.8) is 0 Å². The van der Waals surface area contributed by atoms with Crippen LogP contribution in [0.4, 0.5) is 0 Å². The number of hydrogen-bond acceptors (Lipinski definition) is 6. The van der Waals surface area contributed by atoms with Crippen molar-refractivity contribution in [1.82, 2.24) is 24.9 Å². The summed E-state index contributed by atoms with van der Waals surface area (Å²) < 4.78 is 7.33. The average molecular weight is 351 g/mol. The van der Waals surface area contributed by atoms with Crippen LogP contribution in [-0.4, -0.2) is 51.0 Å². The number of amides is 1. The molecule has 24 heavy (non-hydrogen) atoms. The monoisotopic (exact) mass is 351 g/mol. The number of fused-ring (bicyclic) bond motifs is 1. The van der Waals surface area contributed by atoms with Crippen molar-refractivity contribution < 1.29 is 9.53 Å². The van der Waals surface area contributed by atoms with Crippen LogP contribution >= 0.6 is 11.8 Å². The van der Waals surface area contributed by atoms with Crippen LogP contribution < -0.4 is 5.32 Å². The highest BCUT2D eigenvalue weighted by molar-refractivity contribution is 7.99. The zero-order chi connectivity index (χ0) is 17.5. The fourth-order valence-electron chi connectivity index (χ4n) is 2.16. The van der Waals surface area contributed by atoms with Gasteiger partial charge < -0.3 is 10.1 Å². The van der Waals surface area contributed by atoms with Crippen LogP contribution in [0.3, 0.4) is 0 Å². The number of nitrogens with zero attached hydrogens (tertiary/aromatic N) is 4. The van der Waals surface area contributed by atoms with E-state index in [1.54, 1.807) is 0 Å². The Morgan fingerprint density at radius 2 is 2.12 bits per heavy atom. The van der Waals surface area contributed by atoms with Gasteiger partial charge in [0.1, 0.15) is 5.82 Å². The van der Waals surface area contributed by atoms with Gasteiger partial charge in [-0.25, -0.2) is 4.98 Å². The van der Waals surface area contributed by atoms with Crippen LogP contribution in [0.5, 0.6) is 0 Å². The highest BCUT2D eigenvalue weighted by atomic mass is 32.2. The minimum Gasteiger partial charge on any atom is -0.380 e. The van der Waals surface area contributed by atoms with Crippen molar-refractivity contribution in [3.8, 4) is 0 Å². The second-order valence-electron chi connectivity index (χ2n) is 6.05. The average Bonchev–Trinajstić information content (AvgIpc) is 2.91. The predicted octanol–water partition coefficient (Wildman–Crippen LogP) is 2.01. The lowest BCUT2D eigenvalue weighted by molar-refractivity contribution is -0.118. The maximum atomic E-state index is 11.9. The Kier molecular flexibility index (Phi) is 6.99. The van der Waals surface area contributed by atoms with Gasteiger partial charge in [-0.05, 0) is 26.2 Å². The van der Waals surface area contributed by atoms with Gasteiger partial charge in [0.25, 0.3) is 0 Å². The first-order valence-corrected chi connectivity index (χ1v) is 9.12. The highest BCUT2D eigenvalue weighted by Crippen LogP contribution is 2.18. The molecule has 0 saturated heterocycles. The third-order valence-electron chi connectivity index (χ3n) is 3.40. The molecule has 0 aromatic carbocycles. The number of hydrogen-bond donors (Lipinski definition) is 1. The molecule has 132 valence electrons. The van der Waals surface area contributed by atoms with E-state index in [1.165, 1.54) is 11.8 Å². The summed E-state index contributed by atoms with van der Waals surface area (Å²) in [4.78, 5) is 16.3. The van der Waals surface area contributed by atoms with Gasteiger partial charge in [0, 0.05) is 24.9 Å². The molecule has 0 saturated carbocycles. The van der Waals surface area contributed by atoms with Crippen molar-refractivity contribution in [2.24, 2.45) is 5.92 Å². The van der Waals surface area contributed by atoms with Gasteiger partial charge in [-0.15, -0.1) is 10.2 Å². The molecule has 1 N–H and O–H groups in total. The fraction of sp³-hybridized carbons (Fsp3) is 0.625. The second kappa shape index (κ2) is 8.98. The Hall–Kier alpha value is -1.67. The first-order valence-electron chi connectivity index (χ1n) is 8.14. The van der Waals surface area contributed by atoms with Crippen LogP contribution in [0.2, 0.25) is 0 Å². The number of rotatable bonds is 9. The minimum absolute atomic E-state index is 0.0399. The molecule has 0 radical (unpaired) electrons. The molecule has 0 spiro atoms. The first-order chi connectivity index (χ1) is 11.5. The fourth-order valence-corrected chi connectivity index (χ4v) is 2.98. The SMILES string of the molecule is Cc1cc2nnc(SCC(=O)NCCOCCC(C)C)n2c(C)n1. The van der Waals surface area contributed by atoms with Gasteiger partial charge in [-0.2, -0.15) is 0 Å². The summed E-state index contributed by atoms with van der Waals surface area (Å²) in [6.45, 7) is 9.95. The van der Waals surface area contributed by atoms with E-state index >= 15 is 0 Å². The van der Waals surface area contributed by atoms with Crippen molar-refractivity contribution in [3.05, 3.63) is 17.6 Å². The topological polar surface area (TPSA) is 81.4 Å². The minimum atomic E-state index is -0.0399. The molecule has 1 amide bonds. The van der Waals surface area contributed by atoms with Crippen molar-refractivity contribution in [2.75, 3.05) is 25.5 Å². The molecule has 0 atom stereocenters. The number of carbonyl (C=O) groups excluding carboxylic acids is 1. The van der Waals surface area contributed by atoms with E-state index in [-0.39, 0.29) is 5.91 Å². The second-order valence-corrected chi connectivity index (χ2v) is 7.00. The summed E-state index contributed by atoms with van der Waals surface area (Å²) in [5.41, 5.74) is 1.65. The quantitative estimate of drug-likeness (QED) is 0.550. The molecule has 0 aliphatic heterocycles.